The average Bonchev–Trinajstić information content (AvgIpc) is 3.44. The number of Topliss-reactive ketones (excluding diaryl/α,β-unsaturated/α-hetero) is 1. The Labute approximate surface area is 201 Å². The third-order valence-electron chi connectivity index (χ3n) is 5.86. The molecule has 0 aliphatic heterocycles. The fourth-order valence-corrected chi connectivity index (χ4v) is 4.36. The van der Waals surface area contributed by atoms with Crippen LogP contribution in [0.1, 0.15) is 51.7 Å². The van der Waals surface area contributed by atoms with Crippen LogP contribution in [-0.4, -0.2) is 38.4 Å². The lowest BCUT2D eigenvalue weighted by Crippen LogP contribution is -2.19. The molecule has 0 unspecified atom stereocenters. The highest BCUT2D eigenvalue weighted by atomic mass is 16.5. The summed E-state index contributed by atoms with van der Waals surface area (Å²) in [6, 6.07) is 13.8. The van der Waals surface area contributed by atoms with E-state index in [1.165, 1.54) is 0 Å². The number of carbonyl (C=O) groups is 2. The highest BCUT2D eigenvalue weighted by molar-refractivity contribution is 6.01. The summed E-state index contributed by atoms with van der Waals surface area (Å²) >= 11 is 0. The van der Waals surface area contributed by atoms with Gasteiger partial charge in [-0.2, -0.15) is 4.98 Å². The smallest absolute Gasteiger partial charge is 0.252 e. The largest absolute Gasteiger partial charge is 0.362 e. The van der Waals surface area contributed by atoms with Gasteiger partial charge >= 0.3 is 0 Å². The SMILES string of the molecule is Cc1noc(COCC(=O)Nc2cc(-c3[nH]c4c(c3Cc3ccccc3)C(=O)CCC4)ccn2)n1. The molecule has 3 aromatic heterocycles. The molecular formula is C26H25N5O4. The first-order valence-corrected chi connectivity index (χ1v) is 11.5. The van der Waals surface area contributed by atoms with Crippen molar-refractivity contribution in [3.63, 3.8) is 0 Å². The molecular weight excluding hydrogens is 446 g/mol. The molecule has 0 saturated carbocycles. The summed E-state index contributed by atoms with van der Waals surface area (Å²) in [6.45, 7) is 1.57. The van der Waals surface area contributed by atoms with Crippen LogP contribution in [0.3, 0.4) is 0 Å². The van der Waals surface area contributed by atoms with Gasteiger partial charge in [0.1, 0.15) is 19.0 Å². The summed E-state index contributed by atoms with van der Waals surface area (Å²) in [5.74, 6) is 1.04. The number of benzene rings is 1. The van der Waals surface area contributed by atoms with E-state index in [1.54, 1.807) is 19.2 Å². The summed E-state index contributed by atoms with van der Waals surface area (Å²) in [5.41, 5.74) is 5.64. The van der Waals surface area contributed by atoms with Crippen LogP contribution in [0.5, 0.6) is 0 Å². The Kier molecular flexibility index (Phi) is 6.49. The van der Waals surface area contributed by atoms with Crippen molar-refractivity contribution in [1.29, 1.82) is 0 Å². The van der Waals surface area contributed by atoms with Crippen molar-refractivity contribution < 1.29 is 18.8 Å². The van der Waals surface area contributed by atoms with Gasteiger partial charge in [0, 0.05) is 35.9 Å². The zero-order valence-electron chi connectivity index (χ0n) is 19.3. The number of ether oxygens (including phenoxy) is 1. The van der Waals surface area contributed by atoms with Gasteiger partial charge in [-0.15, -0.1) is 0 Å². The van der Waals surface area contributed by atoms with Gasteiger partial charge in [-0.05, 0) is 43.0 Å². The van der Waals surface area contributed by atoms with Gasteiger partial charge in [0.25, 0.3) is 11.8 Å². The maximum atomic E-state index is 12.8. The first-order valence-electron chi connectivity index (χ1n) is 11.5. The zero-order valence-corrected chi connectivity index (χ0v) is 19.3. The lowest BCUT2D eigenvalue weighted by Gasteiger charge is -2.12. The summed E-state index contributed by atoms with van der Waals surface area (Å²) < 4.78 is 10.3. The second kappa shape index (κ2) is 10.0. The summed E-state index contributed by atoms with van der Waals surface area (Å²) in [6.07, 6.45) is 4.53. The minimum Gasteiger partial charge on any atom is -0.362 e. The maximum Gasteiger partial charge on any atom is 0.252 e. The van der Waals surface area contributed by atoms with E-state index in [9.17, 15) is 9.59 Å². The van der Waals surface area contributed by atoms with Crippen LogP contribution in [-0.2, 0) is 29.0 Å². The molecule has 1 aromatic carbocycles. The number of fused-ring (bicyclic) bond motifs is 1. The van der Waals surface area contributed by atoms with Gasteiger partial charge in [0.2, 0.25) is 0 Å². The number of H-pyrrole nitrogens is 1. The molecule has 4 aromatic rings. The monoisotopic (exact) mass is 471 g/mol. The predicted molar refractivity (Wildman–Crippen MR) is 128 cm³/mol. The topological polar surface area (TPSA) is 123 Å². The summed E-state index contributed by atoms with van der Waals surface area (Å²) in [7, 11) is 0. The van der Waals surface area contributed by atoms with E-state index in [4.69, 9.17) is 9.26 Å². The van der Waals surface area contributed by atoms with Gasteiger partial charge < -0.3 is 19.6 Å². The molecule has 3 heterocycles. The van der Waals surface area contributed by atoms with Gasteiger partial charge in [0.05, 0.1) is 5.69 Å². The molecule has 35 heavy (non-hydrogen) atoms. The van der Waals surface area contributed by atoms with Crippen molar-refractivity contribution in [3.8, 4) is 11.3 Å². The number of carbonyl (C=O) groups excluding carboxylic acids is 2. The van der Waals surface area contributed by atoms with Crippen LogP contribution in [0.4, 0.5) is 5.82 Å². The van der Waals surface area contributed by atoms with Crippen molar-refractivity contribution >= 4 is 17.5 Å². The number of rotatable bonds is 8. The van der Waals surface area contributed by atoms with Crippen LogP contribution >= 0.6 is 0 Å². The molecule has 0 bridgehead atoms. The van der Waals surface area contributed by atoms with Crippen molar-refractivity contribution in [3.05, 3.63) is 82.8 Å². The fourth-order valence-electron chi connectivity index (χ4n) is 4.36. The van der Waals surface area contributed by atoms with Crippen LogP contribution in [0.2, 0.25) is 0 Å². The lowest BCUT2D eigenvalue weighted by atomic mass is 9.90. The second-order valence-corrected chi connectivity index (χ2v) is 8.48. The molecule has 1 aliphatic carbocycles. The highest BCUT2D eigenvalue weighted by Gasteiger charge is 2.26. The average molecular weight is 472 g/mol. The van der Waals surface area contributed by atoms with Crippen molar-refractivity contribution in [1.82, 2.24) is 20.1 Å². The predicted octanol–water partition coefficient (Wildman–Crippen LogP) is 4.03. The van der Waals surface area contributed by atoms with Crippen molar-refractivity contribution in [2.24, 2.45) is 0 Å². The lowest BCUT2D eigenvalue weighted by molar-refractivity contribution is -0.121. The number of aromatic nitrogens is 4. The van der Waals surface area contributed by atoms with Gasteiger partial charge in [-0.1, -0.05) is 35.5 Å². The van der Waals surface area contributed by atoms with Crippen molar-refractivity contribution in [2.45, 2.75) is 39.2 Å². The van der Waals surface area contributed by atoms with Crippen LogP contribution < -0.4 is 5.32 Å². The standard InChI is InChI=1S/C26H25N5O4/c1-16-28-24(35-31-16)15-34-14-23(33)30-22-13-18(10-11-27-22)26-19(12-17-6-3-2-4-7-17)25-20(29-26)8-5-9-21(25)32/h2-4,6-7,10-11,13,29H,5,8-9,12,14-15H2,1H3,(H,27,30,33). The van der Waals surface area contributed by atoms with E-state index in [-0.39, 0.29) is 24.9 Å². The number of aromatic amines is 1. The third kappa shape index (κ3) is 5.20. The number of amides is 1. The Balaban J connectivity index is 1.35. The number of anilines is 1. The Bertz CT molecular complexity index is 1360. The molecule has 2 N–H and O–H groups in total. The molecule has 1 aliphatic rings. The van der Waals surface area contributed by atoms with Crippen LogP contribution in [0.25, 0.3) is 11.3 Å². The first kappa shape index (κ1) is 22.7. The van der Waals surface area contributed by atoms with E-state index in [2.05, 4.69) is 37.6 Å². The van der Waals surface area contributed by atoms with Gasteiger partial charge in [0.15, 0.2) is 11.6 Å². The number of hydrogen-bond donors (Lipinski definition) is 2. The fraction of sp³-hybridized carbons (Fsp3) is 0.269. The molecule has 1 amide bonds. The van der Waals surface area contributed by atoms with Gasteiger partial charge in [-0.25, -0.2) is 4.98 Å². The normalized spacial score (nSPS) is 13.0. The molecule has 0 spiro atoms. The molecule has 0 radical (unpaired) electrons. The van der Waals surface area contributed by atoms with E-state index in [0.29, 0.717) is 30.4 Å². The van der Waals surface area contributed by atoms with E-state index in [0.717, 1.165) is 46.5 Å². The Morgan fingerprint density at radius 1 is 1.20 bits per heavy atom. The number of nitrogens with one attached hydrogen (secondary N) is 2. The first-order chi connectivity index (χ1) is 17.1. The zero-order chi connectivity index (χ0) is 24.2. The van der Waals surface area contributed by atoms with Gasteiger partial charge in [-0.3, -0.25) is 9.59 Å². The Morgan fingerprint density at radius 3 is 2.86 bits per heavy atom. The van der Waals surface area contributed by atoms with E-state index < -0.39 is 0 Å². The molecule has 0 saturated heterocycles. The molecule has 9 nitrogen and oxygen atoms in total. The number of hydrogen-bond acceptors (Lipinski definition) is 7. The van der Waals surface area contributed by atoms with Crippen LogP contribution in [0.15, 0.2) is 53.2 Å². The summed E-state index contributed by atoms with van der Waals surface area (Å²) in [4.78, 5) is 37.0. The minimum absolute atomic E-state index is 0.0482. The number of aryl methyl sites for hydroxylation is 2. The molecule has 0 fully saturated rings. The molecule has 9 heteroatoms. The van der Waals surface area contributed by atoms with E-state index in [1.807, 2.05) is 24.3 Å². The highest BCUT2D eigenvalue weighted by Crippen LogP contribution is 2.35. The van der Waals surface area contributed by atoms with Crippen LogP contribution in [0, 0.1) is 6.92 Å². The molecule has 0 atom stereocenters. The number of pyridine rings is 1. The third-order valence-corrected chi connectivity index (χ3v) is 5.86. The Morgan fingerprint density at radius 2 is 2.06 bits per heavy atom. The van der Waals surface area contributed by atoms with E-state index >= 15 is 0 Å². The maximum absolute atomic E-state index is 12.8. The van der Waals surface area contributed by atoms with Crippen molar-refractivity contribution in [2.75, 3.05) is 11.9 Å². The second-order valence-electron chi connectivity index (χ2n) is 8.48. The molecule has 178 valence electrons. The number of nitrogens with zero attached hydrogens (tertiary/aromatic N) is 3. The summed E-state index contributed by atoms with van der Waals surface area (Å²) in [5, 5.41) is 6.44. The minimum atomic E-state index is -0.351. The quantitative estimate of drug-likeness (QED) is 0.398. The number of ketones is 1. The Hall–Kier alpha value is -4.11. The molecule has 5 rings (SSSR count).